The molecule has 1 aromatic rings. The van der Waals surface area contributed by atoms with Gasteiger partial charge in [-0.3, -0.25) is 19.3 Å². The molecule has 3 amide bonds. The van der Waals surface area contributed by atoms with Gasteiger partial charge in [0.15, 0.2) is 6.10 Å². The van der Waals surface area contributed by atoms with Crippen LogP contribution in [0.5, 0.6) is 0 Å². The van der Waals surface area contributed by atoms with Crippen molar-refractivity contribution < 1.29 is 28.7 Å². The maximum atomic E-state index is 12.6. The van der Waals surface area contributed by atoms with Crippen LogP contribution in [0.3, 0.4) is 0 Å². The Morgan fingerprint density at radius 1 is 1.16 bits per heavy atom. The van der Waals surface area contributed by atoms with E-state index in [0.29, 0.717) is 18.9 Å². The molecule has 1 aromatic carbocycles. The summed E-state index contributed by atoms with van der Waals surface area (Å²) < 4.78 is 10.3. The SMILES string of the molecule is COCCCN1C(=O)c2ccc(C(=O)OC(C)C(=O)NC3CCCCC3C)cc2C1=O. The Hall–Kier alpha value is -2.74. The van der Waals surface area contributed by atoms with Gasteiger partial charge in [0.05, 0.1) is 16.7 Å². The van der Waals surface area contributed by atoms with E-state index in [4.69, 9.17) is 9.47 Å². The number of rotatable bonds is 8. The monoisotopic (exact) mass is 430 g/mol. The first-order chi connectivity index (χ1) is 14.8. The molecule has 1 aliphatic heterocycles. The molecule has 8 heteroatoms. The summed E-state index contributed by atoms with van der Waals surface area (Å²) in [6, 6.07) is 4.35. The molecular weight excluding hydrogens is 400 g/mol. The van der Waals surface area contributed by atoms with Gasteiger partial charge in [0.25, 0.3) is 17.7 Å². The van der Waals surface area contributed by atoms with Gasteiger partial charge in [0.1, 0.15) is 0 Å². The van der Waals surface area contributed by atoms with E-state index in [2.05, 4.69) is 12.2 Å². The second-order valence-corrected chi connectivity index (χ2v) is 8.29. The maximum Gasteiger partial charge on any atom is 0.338 e. The van der Waals surface area contributed by atoms with Gasteiger partial charge in [-0.15, -0.1) is 0 Å². The van der Waals surface area contributed by atoms with Crippen LogP contribution in [0.1, 0.15) is 77.0 Å². The number of hydrogen-bond acceptors (Lipinski definition) is 6. The summed E-state index contributed by atoms with van der Waals surface area (Å²) in [5.74, 6) is -1.47. The minimum absolute atomic E-state index is 0.0927. The predicted octanol–water partition coefficient (Wildman–Crippen LogP) is 2.56. The maximum absolute atomic E-state index is 12.6. The fourth-order valence-electron chi connectivity index (χ4n) is 4.10. The molecule has 1 fully saturated rings. The van der Waals surface area contributed by atoms with Gasteiger partial charge < -0.3 is 14.8 Å². The second kappa shape index (κ2) is 10.0. The lowest BCUT2D eigenvalue weighted by atomic mass is 9.86. The average Bonchev–Trinajstić information content (AvgIpc) is 2.99. The quantitative estimate of drug-likeness (QED) is 0.386. The molecule has 0 radical (unpaired) electrons. The van der Waals surface area contributed by atoms with Crippen molar-refractivity contribution in [2.45, 2.75) is 58.1 Å². The van der Waals surface area contributed by atoms with Gasteiger partial charge in [-0.1, -0.05) is 19.8 Å². The summed E-state index contributed by atoms with van der Waals surface area (Å²) in [4.78, 5) is 51.3. The van der Waals surface area contributed by atoms with Gasteiger partial charge in [-0.2, -0.15) is 0 Å². The van der Waals surface area contributed by atoms with E-state index in [9.17, 15) is 19.2 Å². The van der Waals surface area contributed by atoms with Crippen LogP contribution in [0.15, 0.2) is 18.2 Å². The number of hydrogen-bond donors (Lipinski definition) is 1. The van der Waals surface area contributed by atoms with Crippen LogP contribution in [-0.4, -0.2) is 61.0 Å². The minimum Gasteiger partial charge on any atom is -0.449 e. The zero-order valence-corrected chi connectivity index (χ0v) is 18.3. The molecule has 2 aliphatic rings. The molecule has 1 aliphatic carbocycles. The zero-order valence-electron chi connectivity index (χ0n) is 18.3. The van der Waals surface area contributed by atoms with Crippen LogP contribution in [-0.2, 0) is 14.3 Å². The van der Waals surface area contributed by atoms with Gasteiger partial charge in [0.2, 0.25) is 0 Å². The Kier molecular flexibility index (Phi) is 7.43. The first kappa shape index (κ1) is 22.9. The van der Waals surface area contributed by atoms with Crippen molar-refractivity contribution in [3.63, 3.8) is 0 Å². The van der Waals surface area contributed by atoms with Crippen LogP contribution >= 0.6 is 0 Å². The van der Waals surface area contributed by atoms with E-state index in [1.54, 1.807) is 7.11 Å². The number of carbonyl (C=O) groups excluding carboxylic acids is 4. The van der Waals surface area contributed by atoms with E-state index in [0.717, 1.165) is 24.2 Å². The number of nitrogens with one attached hydrogen (secondary N) is 1. The van der Waals surface area contributed by atoms with E-state index in [1.807, 2.05) is 0 Å². The van der Waals surface area contributed by atoms with E-state index in [1.165, 1.54) is 31.5 Å². The lowest BCUT2D eigenvalue weighted by Crippen LogP contribution is -2.46. The molecule has 0 aromatic heterocycles. The molecule has 3 rings (SSSR count). The van der Waals surface area contributed by atoms with Gasteiger partial charge in [-0.05, 0) is 50.3 Å². The predicted molar refractivity (Wildman–Crippen MR) is 113 cm³/mol. The van der Waals surface area contributed by atoms with Gasteiger partial charge in [0, 0.05) is 26.3 Å². The number of methoxy groups -OCH3 is 1. The number of nitrogens with zero attached hydrogens (tertiary/aromatic N) is 1. The number of esters is 1. The smallest absolute Gasteiger partial charge is 0.338 e. The number of carbonyl (C=O) groups is 4. The third-order valence-electron chi connectivity index (χ3n) is 6.03. The van der Waals surface area contributed by atoms with Crippen LogP contribution < -0.4 is 5.32 Å². The topological polar surface area (TPSA) is 102 Å². The third-order valence-corrected chi connectivity index (χ3v) is 6.03. The standard InChI is InChI=1S/C23H30N2O6/c1-14-7-4-5-8-19(14)24-20(26)15(2)31-23(29)16-9-10-17-18(13-16)22(28)25(21(17)27)11-6-12-30-3/h9-10,13-15,19H,4-8,11-12H2,1-3H3,(H,24,26). The Labute approximate surface area is 182 Å². The fourth-order valence-corrected chi connectivity index (χ4v) is 4.10. The lowest BCUT2D eigenvalue weighted by Gasteiger charge is -2.30. The van der Waals surface area contributed by atoms with Crippen molar-refractivity contribution in [3.05, 3.63) is 34.9 Å². The molecule has 1 N–H and O–H groups in total. The summed E-state index contributed by atoms with van der Waals surface area (Å²) in [6.07, 6.45) is 3.81. The van der Waals surface area contributed by atoms with Crippen molar-refractivity contribution in [1.29, 1.82) is 0 Å². The van der Waals surface area contributed by atoms with Crippen molar-refractivity contribution in [2.24, 2.45) is 5.92 Å². The average molecular weight is 431 g/mol. The fraction of sp³-hybridized carbons (Fsp3) is 0.565. The van der Waals surface area contributed by atoms with Crippen LogP contribution in [0.25, 0.3) is 0 Å². The van der Waals surface area contributed by atoms with E-state index < -0.39 is 18.0 Å². The van der Waals surface area contributed by atoms with Crippen molar-refractivity contribution >= 4 is 23.7 Å². The first-order valence-electron chi connectivity index (χ1n) is 10.8. The third kappa shape index (κ3) is 5.12. The van der Waals surface area contributed by atoms with E-state index >= 15 is 0 Å². The summed E-state index contributed by atoms with van der Waals surface area (Å²) in [5.41, 5.74) is 0.561. The van der Waals surface area contributed by atoms with Crippen LogP contribution in [0, 0.1) is 5.92 Å². The summed E-state index contributed by atoms with van der Waals surface area (Å²) in [7, 11) is 1.55. The first-order valence-corrected chi connectivity index (χ1v) is 10.8. The zero-order chi connectivity index (χ0) is 22.5. The molecule has 3 unspecified atom stereocenters. The molecule has 0 spiro atoms. The molecule has 0 saturated heterocycles. The molecular formula is C23H30N2O6. The van der Waals surface area contributed by atoms with Crippen molar-refractivity contribution in [2.75, 3.05) is 20.3 Å². The van der Waals surface area contributed by atoms with Crippen LogP contribution in [0.4, 0.5) is 0 Å². The lowest BCUT2D eigenvalue weighted by molar-refractivity contribution is -0.130. The normalized spacial score (nSPS) is 21.6. The number of fused-ring (bicyclic) bond motifs is 1. The highest BCUT2D eigenvalue weighted by atomic mass is 16.5. The highest BCUT2D eigenvalue weighted by Crippen LogP contribution is 2.25. The Morgan fingerprint density at radius 2 is 1.87 bits per heavy atom. The Bertz CT molecular complexity index is 868. The highest BCUT2D eigenvalue weighted by Gasteiger charge is 2.36. The minimum atomic E-state index is -0.960. The second-order valence-electron chi connectivity index (χ2n) is 8.29. The highest BCUT2D eigenvalue weighted by molar-refractivity contribution is 6.22. The molecule has 8 nitrogen and oxygen atoms in total. The Morgan fingerprint density at radius 3 is 2.58 bits per heavy atom. The molecule has 31 heavy (non-hydrogen) atoms. The van der Waals surface area contributed by atoms with E-state index in [-0.39, 0.29) is 41.1 Å². The number of benzene rings is 1. The molecule has 0 bridgehead atoms. The molecule has 3 atom stereocenters. The van der Waals surface area contributed by atoms with Gasteiger partial charge in [-0.25, -0.2) is 4.79 Å². The molecule has 168 valence electrons. The molecule has 1 heterocycles. The summed E-state index contributed by atoms with van der Waals surface area (Å²) >= 11 is 0. The van der Waals surface area contributed by atoms with Crippen LogP contribution in [0.2, 0.25) is 0 Å². The summed E-state index contributed by atoms with van der Waals surface area (Å²) in [6.45, 7) is 4.32. The largest absolute Gasteiger partial charge is 0.449 e. The number of ether oxygens (including phenoxy) is 2. The molecule has 1 saturated carbocycles. The number of imide groups is 1. The van der Waals surface area contributed by atoms with Crippen molar-refractivity contribution in [1.82, 2.24) is 10.2 Å². The number of amides is 3. The van der Waals surface area contributed by atoms with Gasteiger partial charge >= 0.3 is 5.97 Å². The Balaban J connectivity index is 1.62. The summed E-state index contributed by atoms with van der Waals surface area (Å²) in [5, 5.41) is 2.98. The van der Waals surface area contributed by atoms with Crippen molar-refractivity contribution in [3.8, 4) is 0 Å².